The van der Waals surface area contributed by atoms with Crippen LogP contribution in [0.15, 0.2) is 28.7 Å². The van der Waals surface area contributed by atoms with Gasteiger partial charge in [-0.05, 0) is 40.9 Å². The van der Waals surface area contributed by atoms with Crippen LogP contribution in [0.4, 0.5) is 10.1 Å². The summed E-state index contributed by atoms with van der Waals surface area (Å²) in [5.41, 5.74) is 0.0290. The Morgan fingerprint density at radius 1 is 1.38 bits per heavy atom. The predicted octanol–water partition coefficient (Wildman–Crippen LogP) is 3.36. The molecule has 0 radical (unpaired) electrons. The van der Waals surface area contributed by atoms with Crippen LogP contribution in [0.2, 0.25) is 0 Å². The molecular formula is C10H11BrFN. The van der Waals surface area contributed by atoms with Crippen molar-refractivity contribution in [2.45, 2.75) is 18.5 Å². The number of anilines is 1. The van der Waals surface area contributed by atoms with Crippen molar-refractivity contribution < 1.29 is 4.39 Å². The molecule has 1 fully saturated rings. The van der Waals surface area contributed by atoms with Crippen LogP contribution in [0.5, 0.6) is 0 Å². The lowest BCUT2D eigenvalue weighted by molar-refractivity contribution is 0.326. The topological polar surface area (TPSA) is 12.0 Å². The van der Waals surface area contributed by atoms with Crippen molar-refractivity contribution in [3.05, 3.63) is 28.7 Å². The van der Waals surface area contributed by atoms with Gasteiger partial charge in [-0.2, -0.15) is 0 Å². The van der Waals surface area contributed by atoms with Crippen molar-refractivity contribution in [1.29, 1.82) is 0 Å². The summed E-state index contributed by atoms with van der Waals surface area (Å²) < 4.78 is 14.2. The third-order valence-corrected chi connectivity index (χ3v) is 2.95. The molecule has 0 aromatic heterocycles. The average Bonchev–Trinajstić information content (AvgIpc) is 2.83. The van der Waals surface area contributed by atoms with Gasteiger partial charge in [-0.1, -0.05) is 12.1 Å². The lowest BCUT2D eigenvalue weighted by atomic mass is 10.3. The Labute approximate surface area is 85.5 Å². The Bertz CT molecular complexity index is 310. The number of halogens is 2. The number of benzene rings is 1. The fourth-order valence-electron chi connectivity index (χ4n) is 1.17. The molecule has 0 saturated heterocycles. The maximum Gasteiger partial charge on any atom is 0.128 e. The first-order chi connectivity index (χ1) is 6.20. The molecular weight excluding hydrogens is 233 g/mol. The van der Waals surface area contributed by atoms with E-state index in [1.54, 1.807) is 0 Å². The lowest BCUT2D eigenvalue weighted by Crippen LogP contribution is -2.16. The quantitative estimate of drug-likeness (QED) is 0.859. The van der Waals surface area contributed by atoms with E-state index in [4.69, 9.17) is 0 Å². The van der Waals surface area contributed by atoms with Crippen LogP contribution in [-0.2, 0) is 0 Å². The maximum atomic E-state index is 13.2. The van der Waals surface area contributed by atoms with E-state index < -0.39 is 5.67 Å². The van der Waals surface area contributed by atoms with E-state index in [0.717, 1.165) is 10.2 Å². The Balaban J connectivity index is 1.97. The molecule has 3 heteroatoms. The zero-order valence-electron chi connectivity index (χ0n) is 7.19. The highest BCUT2D eigenvalue weighted by Gasteiger charge is 2.42. The number of hydrogen-bond donors (Lipinski definition) is 1. The molecule has 1 aromatic rings. The number of hydrogen-bond acceptors (Lipinski definition) is 1. The minimum absolute atomic E-state index is 0.426. The van der Waals surface area contributed by atoms with Crippen molar-refractivity contribution in [3.63, 3.8) is 0 Å². The van der Waals surface area contributed by atoms with Gasteiger partial charge in [0.2, 0.25) is 0 Å². The molecule has 2 rings (SSSR count). The largest absolute Gasteiger partial charge is 0.381 e. The van der Waals surface area contributed by atoms with Crippen LogP contribution < -0.4 is 5.32 Å². The molecule has 0 amide bonds. The molecule has 1 aromatic carbocycles. The molecule has 0 aliphatic heterocycles. The average molecular weight is 244 g/mol. The van der Waals surface area contributed by atoms with Gasteiger partial charge >= 0.3 is 0 Å². The van der Waals surface area contributed by atoms with Crippen molar-refractivity contribution in [3.8, 4) is 0 Å². The molecule has 0 unspecified atom stereocenters. The summed E-state index contributed by atoms with van der Waals surface area (Å²) >= 11 is 3.40. The molecule has 1 nitrogen and oxygen atoms in total. The van der Waals surface area contributed by atoms with Gasteiger partial charge in [0.25, 0.3) is 0 Å². The first-order valence-electron chi connectivity index (χ1n) is 4.37. The van der Waals surface area contributed by atoms with Crippen molar-refractivity contribution >= 4 is 21.6 Å². The second-order valence-corrected chi connectivity index (χ2v) is 4.34. The van der Waals surface area contributed by atoms with E-state index in [9.17, 15) is 4.39 Å². The normalized spacial score (nSPS) is 18.3. The SMILES string of the molecule is FC1(CNc2ccccc2Br)CC1. The van der Waals surface area contributed by atoms with Crippen LogP contribution in [-0.4, -0.2) is 12.2 Å². The second-order valence-electron chi connectivity index (χ2n) is 3.48. The minimum Gasteiger partial charge on any atom is -0.381 e. The summed E-state index contributed by atoms with van der Waals surface area (Å²) in [4.78, 5) is 0. The van der Waals surface area contributed by atoms with Crippen molar-refractivity contribution in [2.75, 3.05) is 11.9 Å². The Kier molecular flexibility index (Phi) is 2.28. The van der Waals surface area contributed by atoms with Gasteiger partial charge in [-0.25, -0.2) is 4.39 Å². The third-order valence-electron chi connectivity index (χ3n) is 2.26. The molecule has 1 saturated carbocycles. The molecule has 1 aliphatic carbocycles. The van der Waals surface area contributed by atoms with Gasteiger partial charge in [0.1, 0.15) is 5.67 Å². The van der Waals surface area contributed by atoms with Gasteiger partial charge in [0.15, 0.2) is 0 Å². The second kappa shape index (κ2) is 3.29. The van der Waals surface area contributed by atoms with Gasteiger partial charge in [0.05, 0.1) is 0 Å². The number of rotatable bonds is 3. The van der Waals surface area contributed by atoms with Crippen LogP contribution in [0, 0.1) is 0 Å². The van der Waals surface area contributed by atoms with Crippen LogP contribution in [0.3, 0.4) is 0 Å². The summed E-state index contributed by atoms with van der Waals surface area (Å²) in [6.45, 7) is 0.426. The highest BCUT2D eigenvalue weighted by atomic mass is 79.9. The number of para-hydroxylation sites is 1. The molecule has 0 bridgehead atoms. The van der Waals surface area contributed by atoms with Gasteiger partial charge in [0, 0.05) is 16.7 Å². The molecule has 0 atom stereocenters. The monoisotopic (exact) mass is 243 g/mol. The highest BCUT2D eigenvalue weighted by molar-refractivity contribution is 9.10. The zero-order valence-corrected chi connectivity index (χ0v) is 8.77. The molecule has 0 heterocycles. The summed E-state index contributed by atoms with van der Waals surface area (Å²) in [5, 5.41) is 3.09. The molecule has 70 valence electrons. The smallest absolute Gasteiger partial charge is 0.128 e. The summed E-state index contributed by atoms with van der Waals surface area (Å²) in [5.74, 6) is 0. The van der Waals surface area contributed by atoms with Gasteiger partial charge in [-0.3, -0.25) is 0 Å². The van der Waals surface area contributed by atoms with E-state index >= 15 is 0 Å². The Morgan fingerprint density at radius 3 is 2.69 bits per heavy atom. The fraction of sp³-hybridized carbons (Fsp3) is 0.400. The number of alkyl halides is 1. The number of nitrogens with one attached hydrogen (secondary N) is 1. The van der Waals surface area contributed by atoms with Crippen LogP contribution in [0.1, 0.15) is 12.8 Å². The Morgan fingerprint density at radius 2 is 2.08 bits per heavy atom. The predicted molar refractivity (Wildman–Crippen MR) is 55.7 cm³/mol. The van der Waals surface area contributed by atoms with Crippen LogP contribution in [0.25, 0.3) is 0 Å². The van der Waals surface area contributed by atoms with E-state index in [0.29, 0.717) is 19.4 Å². The maximum absolute atomic E-state index is 13.2. The zero-order chi connectivity index (χ0) is 9.31. The van der Waals surface area contributed by atoms with E-state index in [2.05, 4.69) is 21.2 Å². The van der Waals surface area contributed by atoms with E-state index in [1.807, 2.05) is 24.3 Å². The van der Waals surface area contributed by atoms with Gasteiger partial charge in [-0.15, -0.1) is 0 Å². The van der Waals surface area contributed by atoms with E-state index in [-0.39, 0.29) is 0 Å². The minimum atomic E-state index is -0.935. The summed E-state index contributed by atoms with van der Waals surface area (Å²) in [6, 6.07) is 7.76. The lowest BCUT2D eigenvalue weighted by Gasteiger charge is -2.09. The first kappa shape index (κ1) is 9.00. The molecule has 1 aliphatic rings. The standard InChI is InChI=1S/C10H11BrFN/c11-8-3-1-2-4-9(8)13-7-10(12)5-6-10/h1-4,13H,5-7H2. The first-order valence-corrected chi connectivity index (χ1v) is 5.16. The molecule has 13 heavy (non-hydrogen) atoms. The summed E-state index contributed by atoms with van der Waals surface area (Å²) in [7, 11) is 0. The molecule has 1 N–H and O–H groups in total. The molecule has 0 spiro atoms. The Hall–Kier alpha value is -0.570. The van der Waals surface area contributed by atoms with Gasteiger partial charge < -0.3 is 5.32 Å². The third kappa shape index (κ3) is 2.21. The van der Waals surface area contributed by atoms with Crippen molar-refractivity contribution in [1.82, 2.24) is 0 Å². The van der Waals surface area contributed by atoms with Crippen molar-refractivity contribution in [2.24, 2.45) is 0 Å². The summed E-state index contributed by atoms with van der Waals surface area (Å²) in [6.07, 6.45) is 1.40. The van der Waals surface area contributed by atoms with Crippen LogP contribution >= 0.6 is 15.9 Å². The van der Waals surface area contributed by atoms with E-state index in [1.165, 1.54) is 0 Å². The fourth-order valence-corrected chi connectivity index (χ4v) is 1.60. The highest BCUT2D eigenvalue weighted by Crippen LogP contribution is 2.40.